The molecule has 0 spiro atoms. The molecule has 0 bridgehead atoms. The second-order valence-electron chi connectivity index (χ2n) is 6.96. The maximum Gasteiger partial charge on any atom is -0.109 e. The van der Waals surface area contributed by atoms with Gasteiger partial charge in [-0.05, 0) is 35.6 Å². The average Bonchev–Trinajstić information content (AvgIpc) is 3.05. The fraction of sp³-hybridized carbons (Fsp3) is 0.348. The minimum absolute atomic E-state index is 0.0611. The molecule has 25 heavy (non-hydrogen) atoms. The fourth-order valence-corrected chi connectivity index (χ4v) is 1.69. The van der Waals surface area contributed by atoms with Crippen molar-refractivity contribution in [3.05, 3.63) is 78.6 Å². The summed E-state index contributed by atoms with van der Waals surface area (Å²) in [5, 5.41) is 0. The summed E-state index contributed by atoms with van der Waals surface area (Å²) in [5.74, 6) is 0.864. The van der Waals surface area contributed by atoms with Crippen molar-refractivity contribution in [3.8, 4) is 5.75 Å². The van der Waals surface area contributed by atoms with Crippen LogP contribution in [0.4, 0.5) is 0 Å². The number of hydrogen-bond acceptors (Lipinski definition) is 1. The summed E-state index contributed by atoms with van der Waals surface area (Å²) in [5.41, 5.74) is 2.35. The molecule has 0 fully saturated rings. The Hall–Kier alpha value is -1.44. The van der Waals surface area contributed by atoms with Crippen molar-refractivity contribution in [1.82, 2.24) is 0 Å². The minimum Gasteiger partial charge on any atom is -0.273 e. The molecule has 0 unspecified atom stereocenters. The zero-order chi connectivity index (χ0) is 19.3. The predicted molar refractivity (Wildman–Crippen MR) is 107 cm³/mol. The Balaban J connectivity index is 0.000000521. The molecule has 0 radical (unpaired) electrons. The molecule has 1 aliphatic carbocycles. The third-order valence-electron chi connectivity index (χ3n) is 2.98. The predicted octanol–water partition coefficient (Wildman–Crippen LogP) is 6.54. The standard InChI is InChI=1S/C15H20O.C5H5.C3H6.Ti/c1-6-13(15(3,4)5)11-16-14-9-7-8-12(2)10-14;1-2-4-5-3-1;1-3-2;/h6-11H,1H2,2-5H3;1-3H,4H2;1-2H3;/q;-1;;+1. The molecule has 0 N–H and O–H groups in total. The van der Waals surface area contributed by atoms with Gasteiger partial charge in [-0.2, -0.15) is 6.08 Å². The van der Waals surface area contributed by atoms with Crippen LogP contribution in [-0.4, -0.2) is 3.81 Å². The van der Waals surface area contributed by atoms with E-state index in [0.29, 0.717) is 0 Å². The zero-order valence-electron chi connectivity index (χ0n) is 16.5. The molecule has 0 aromatic heterocycles. The van der Waals surface area contributed by atoms with Gasteiger partial charge in [0.15, 0.2) is 0 Å². The molecule has 1 nitrogen and oxygen atoms in total. The normalized spacial score (nSPS) is 12.6. The van der Waals surface area contributed by atoms with Crippen molar-refractivity contribution in [2.24, 2.45) is 5.41 Å². The van der Waals surface area contributed by atoms with Gasteiger partial charge in [-0.15, -0.1) is 6.42 Å². The molecule has 2 rings (SSSR count). The first-order chi connectivity index (χ1) is 11.7. The van der Waals surface area contributed by atoms with Crippen molar-refractivity contribution in [3.63, 3.8) is 0 Å². The van der Waals surface area contributed by atoms with Gasteiger partial charge in [0.05, 0.1) is 6.26 Å². The topological polar surface area (TPSA) is 9.23 Å². The van der Waals surface area contributed by atoms with E-state index in [2.05, 4.69) is 86.3 Å². The fourth-order valence-electron chi connectivity index (χ4n) is 1.69. The van der Waals surface area contributed by atoms with E-state index in [-0.39, 0.29) is 5.41 Å². The Morgan fingerprint density at radius 1 is 1.28 bits per heavy atom. The van der Waals surface area contributed by atoms with E-state index in [9.17, 15) is 0 Å². The minimum atomic E-state index is 0.0611. The Kier molecular flexibility index (Phi) is 12.1. The van der Waals surface area contributed by atoms with E-state index < -0.39 is 0 Å². The Morgan fingerprint density at radius 2 is 1.92 bits per heavy atom. The molecule has 1 aromatic carbocycles. The van der Waals surface area contributed by atoms with Crippen LogP contribution in [0.5, 0.6) is 5.75 Å². The van der Waals surface area contributed by atoms with Crippen molar-refractivity contribution in [2.75, 3.05) is 0 Å². The third kappa shape index (κ3) is 13.5. The van der Waals surface area contributed by atoms with Crippen LogP contribution in [0.15, 0.2) is 67.0 Å². The molecule has 0 aliphatic heterocycles. The van der Waals surface area contributed by atoms with Gasteiger partial charge in [0.2, 0.25) is 0 Å². The van der Waals surface area contributed by atoms with Crippen molar-refractivity contribution in [2.45, 2.75) is 48.0 Å². The maximum atomic E-state index is 5.63. The van der Waals surface area contributed by atoms with Crippen LogP contribution < -0.4 is 4.74 Å². The summed E-state index contributed by atoms with van der Waals surface area (Å²) in [4.78, 5) is 0. The Morgan fingerprint density at radius 3 is 2.28 bits per heavy atom. The van der Waals surface area contributed by atoms with Crippen molar-refractivity contribution < 1.29 is 24.7 Å². The summed E-state index contributed by atoms with van der Waals surface area (Å²) in [7, 11) is 0. The van der Waals surface area contributed by atoms with Crippen molar-refractivity contribution >= 4 is 3.81 Å². The summed E-state index contributed by atoms with van der Waals surface area (Å²) < 4.78 is 7.05. The average molecular weight is 371 g/mol. The number of ether oxygens (including phenoxy) is 1. The van der Waals surface area contributed by atoms with E-state index in [0.717, 1.165) is 17.7 Å². The summed E-state index contributed by atoms with van der Waals surface area (Å²) in [6.07, 6.45) is 13.6. The Bertz CT molecular complexity index is 614. The number of hydrogen-bond donors (Lipinski definition) is 0. The molecule has 1 aromatic rings. The Labute approximate surface area is 166 Å². The molecular weight excluding hydrogens is 340 g/mol. The van der Waals surface area contributed by atoms with Crippen LogP contribution in [0, 0.1) is 18.4 Å². The number of aryl methyl sites for hydroxylation is 1. The molecule has 0 amide bonds. The van der Waals surface area contributed by atoms with E-state index in [1.54, 1.807) is 6.26 Å². The monoisotopic (exact) mass is 371 g/mol. The van der Waals surface area contributed by atoms with Crippen LogP contribution in [-0.2, 0) is 20.0 Å². The molecule has 1 aliphatic rings. The number of allylic oxidation sites excluding steroid dienone is 6. The van der Waals surface area contributed by atoms with Gasteiger partial charge >= 0.3 is 37.6 Å². The molecule has 133 valence electrons. The van der Waals surface area contributed by atoms with Crippen LogP contribution >= 0.6 is 0 Å². The van der Waals surface area contributed by atoms with E-state index in [4.69, 9.17) is 4.74 Å². The summed E-state index contributed by atoms with van der Waals surface area (Å²) >= 11 is 2.08. The SMILES string of the molecule is C=CC(=COc1cccc(C)c1)C(C)(C)C.C[C](C)=[Ti+].[C-]1=CC=CC1. The quantitative estimate of drug-likeness (QED) is 0.254. The largest absolute Gasteiger partial charge is 0.273 e. The van der Waals surface area contributed by atoms with Gasteiger partial charge in [0.1, 0.15) is 5.75 Å². The zero-order valence-corrected chi connectivity index (χ0v) is 18.1. The van der Waals surface area contributed by atoms with Gasteiger partial charge in [-0.3, -0.25) is 6.08 Å². The van der Waals surface area contributed by atoms with Gasteiger partial charge in [0, 0.05) is 0 Å². The summed E-state index contributed by atoms with van der Waals surface area (Å²) in [6.45, 7) is 16.4. The first-order valence-corrected chi connectivity index (χ1v) is 9.24. The second kappa shape index (κ2) is 12.9. The molecule has 0 saturated heterocycles. The van der Waals surface area contributed by atoms with E-state index in [1.165, 1.54) is 9.37 Å². The number of benzene rings is 1. The van der Waals surface area contributed by atoms with E-state index in [1.807, 2.05) is 36.4 Å². The first-order valence-electron chi connectivity index (χ1n) is 8.46. The molecule has 0 saturated carbocycles. The first kappa shape index (κ1) is 23.6. The molecule has 0 atom stereocenters. The molecule has 2 heteroatoms. The van der Waals surface area contributed by atoms with Crippen LogP contribution in [0.2, 0.25) is 0 Å². The molecular formula is C23H31OTi. The van der Waals surface area contributed by atoms with Gasteiger partial charge in [-0.1, -0.05) is 45.6 Å². The van der Waals surface area contributed by atoms with Crippen LogP contribution in [0.25, 0.3) is 0 Å². The molecule has 0 heterocycles. The maximum absolute atomic E-state index is 5.63. The van der Waals surface area contributed by atoms with Crippen LogP contribution in [0.3, 0.4) is 0 Å². The summed E-state index contributed by atoms with van der Waals surface area (Å²) in [6, 6.07) is 8.00. The van der Waals surface area contributed by atoms with Crippen molar-refractivity contribution in [1.29, 1.82) is 0 Å². The van der Waals surface area contributed by atoms with Gasteiger partial charge in [0.25, 0.3) is 0 Å². The van der Waals surface area contributed by atoms with E-state index >= 15 is 0 Å². The van der Waals surface area contributed by atoms with Crippen LogP contribution in [0.1, 0.15) is 46.6 Å². The third-order valence-corrected chi connectivity index (χ3v) is 2.98. The smallest absolute Gasteiger partial charge is 0.109 e. The van der Waals surface area contributed by atoms with Gasteiger partial charge < -0.3 is 4.74 Å². The second-order valence-corrected chi connectivity index (χ2v) is 8.53. The van der Waals surface area contributed by atoms with Gasteiger partial charge in [-0.25, -0.2) is 12.2 Å². The number of rotatable bonds is 3.